The second-order valence-electron chi connectivity index (χ2n) is 5.24. The molecule has 0 aliphatic carbocycles. The Kier molecular flexibility index (Phi) is 4.02. The third kappa shape index (κ3) is 2.98. The van der Waals surface area contributed by atoms with E-state index in [4.69, 9.17) is 5.11 Å². The first-order valence-corrected chi connectivity index (χ1v) is 9.12. The molecule has 9 heteroatoms. The van der Waals surface area contributed by atoms with Gasteiger partial charge in [-0.3, -0.25) is 9.00 Å². The van der Waals surface area contributed by atoms with Crippen LogP contribution in [0.4, 0.5) is 0 Å². The van der Waals surface area contributed by atoms with Gasteiger partial charge in [-0.1, -0.05) is 17.3 Å². The predicted molar refractivity (Wildman–Crippen MR) is 89.9 cm³/mol. The highest BCUT2D eigenvalue weighted by atomic mass is 32.2. The fourth-order valence-electron chi connectivity index (χ4n) is 2.16. The van der Waals surface area contributed by atoms with Crippen LogP contribution in [-0.4, -0.2) is 51.9 Å². The van der Waals surface area contributed by atoms with Crippen LogP contribution >= 0.6 is 0 Å². The second-order valence-corrected chi connectivity index (χ2v) is 7.89. The SMILES string of the molecule is CC=S(C)(=O)c1ncc2nnn(-c3cccc(CC(=O)O)c3)c2n1. The van der Waals surface area contributed by atoms with Crippen molar-refractivity contribution in [2.75, 3.05) is 6.26 Å². The Morgan fingerprint density at radius 1 is 1.42 bits per heavy atom. The average Bonchev–Trinajstić information content (AvgIpc) is 2.97. The van der Waals surface area contributed by atoms with Gasteiger partial charge in [0.2, 0.25) is 5.16 Å². The molecule has 0 saturated carbocycles. The lowest BCUT2D eigenvalue weighted by Crippen LogP contribution is -2.08. The molecule has 8 nitrogen and oxygen atoms in total. The van der Waals surface area contributed by atoms with Gasteiger partial charge in [0.1, 0.15) is 0 Å². The number of hydrogen-bond donors (Lipinski definition) is 1. The Hall–Kier alpha value is -2.81. The van der Waals surface area contributed by atoms with E-state index >= 15 is 0 Å². The van der Waals surface area contributed by atoms with Crippen molar-refractivity contribution < 1.29 is 14.1 Å². The molecule has 3 aromatic rings. The molecule has 0 aliphatic rings. The molecule has 2 heterocycles. The number of carbonyl (C=O) groups is 1. The molecule has 0 aliphatic heterocycles. The van der Waals surface area contributed by atoms with Crippen LogP contribution in [0.25, 0.3) is 16.9 Å². The molecule has 24 heavy (non-hydrogen) atoms. The molecule has 0 radical (unpaired) electrons. The van der Waals surface area contributed by atoms with Crippen molar-refractivity contribution in [1.29, 1.82) is 0 Å². The molecule has 0 amide bonds. The maximum Gasteiger partial charge on any atom is 0.307 e. The summed E-state index contributed by atoms with van der Waals surface area (Å²) >= 11 is 0. The minimum absolute atomic E-state index is 0.0890. The normalized spacial score (nSPS) is 13.6. The van der Waals surface area contributed by atoms with Crippen LogP contribution in [0.1, 0.15) is 12.5 Å². The van der Waals surface area contributed by atoms with E-state index in [1.54, 1.807) is 42.8 Å². The van der Waals surface area contributed by atoms with Crippen LogP contribution < -0.4 is 0 Å². The van der Waals surface area contributed by atoms with Crippen molar-refractivity contribution in [2.45, 2.75) is 18.5 Å². The molecule has 1 aromatic carbocycles. The van der Waals surface area contributed by atoms with Gasteiger partial charge in [0.05, 0.1) is 18.3 Å². The highest BCUT2D eigenvalue weighted by Crippen LogP contribution is 2.17. The highest BCUT2D eigenvalue weighted by Gasteiger charge is 2.14. The number of benzene rings is 1. The van der Waals surface area contributed by atoms with Crippen LogP contribution in [0.3, 0.4) is 0 Å². The summed E-state index contributed by atoms with van der Waals surface area (Å²) in [5.41, 5.74) is 2.15. The van der Waals surface area contributed by atoms with Gasteiger partial charge in [-0.15, -0.1) is 5.10 Å². The van der Waals surface area contributed by atoms with Gasteiger partial charge in [0, 0.05) is 15.8 Å². The first-order valence-electron chi connectivity index (χ1n) is 7.09. The molecular formula is C15H15N5O3S. The number of aromatic nitrogens is 5. The van der Waals surface area contributed by atoms with Crippen LogP contribution in [0.2, 0.25) is 0 Å². The lowest BCUT2D eigenvalue weighted by molar-refractivity contribution is -0.136. The third-order valence-corrected chi connectivity index (χ3v) is 5.31. The Morgan fingerprint density at radius 3 is 2.92 bits per heavy atom. The molecule has 0 spiro atoms. The fraction of sp³-hybridized carbons (Fsp3) is 0.200. The predicted octanol–water partition coefficient (Wildman–Crippen LogP) is 0.933. The van der Waals surface area contributed by atoms with E-state index in [9.17, 15) is 9.00 Å². The van der Waals surface area contributed by atoms with Crippen molar-refractivity contribution in [3.63, 3.8) is 0 Å². The summed E-state index contributed by atoms with van der Waals surface area (Å²) in [7, 11) is -2.43. The molecule has 0 fully saturated rings. The molecule has 0 bridgehead atoms. The maximum atomic E-state index is 12.4. The van der Waals surface area contributed by atoms with E-state index in [1.807, 2.05) is 0 Å². The second kappa shape index (κ2) is 6.00. The Bertz CT molecular complexity index is 1050. The number of rotatable bonds is 4. The van der Waals surface area contributed by atoms with Crippen molar-refractivity contribution in [2.24, 2.45) is 0 Å². The van der Waals surface area contributed by atoms with E-state index in [1.165, 1.54) is 10.9 Å². The van der Waals surface area contributed by atoms with E-state index in [-0.39, 0.29) is 11.6 Å². The van der Waals surface area contributed by atoms with E-state index in [2.05, 4.69) is 20.3 Å². The molecular weight excluding hydrogens is 330 g/mol. The maximum absolute atomic E-state index is 12.4. The quantitative estimate of drug-likeness (QED) is 0.553. The van der Waals surface area contributed by atoms with Gasteiger partial charge in [0.25, 0.3) is 0 Å². The molecule has 1 N–H and O–H groups in total. The van der Waals surface area contributed by atoms with Crippen molar-refractivity contribution in [1.82, 2.24) is 25.0 Å². The average molecular weight is 345 g/mol. The van der Waals surface area contributed by atoms with Gasteiger partial charge in [-0.05, 0) is 30.0 Å². The molecule has 2 aromatic heterocycles. The highest BCUT2D eigenvalue weighted by molar-refractivity contribution is 8.00. The number of hydrogen-bond acceptors (Lipinski definition) is 6. The zero-order valence-corrected chi connectivity index (χ0v) is 13.9. The standard InChI is InChI=1S/C15H15N5O3S/c1-3-24(2,23)15-16-9-12-14(17-15)20(19-18-12)11-6-4-5-10(7-11)8-13(21)22/h3-7,9H,8H2,1-2H3,(H,21,22). The zero-order valence-electron chi connectivity index (χ0n) is 13.1. The van der Waals surface area contributed by atoms with Crippen LogP contribution in [-0.2, 0) is 20.7 Å². The molecule has 0 saturated heterocycles. The molecule has 3 rings (SSSR count). The minimum Gasteiger partial charge on any atom is -0.481 e. The number of carboxylic acid groups (broad SMARTS) is 1. The van der Waals surface area contributed by atoms with Crippen LogP contribution in [0.5, 0.6) is 0 Å². The molecule has 1 atom stereocenters. The summed E-state index contributed by atoms with van der Waals surface area (Å²) in [6.07, 6.45) is 2.96. The summed E-state index contributed by atoms with van der Waals surface area (Å²) < 4.78 is 13.9. The summed E-state index contributed by atoms with van der Waals surface area (Å²) in [6.45, 7) is 1.70. The minimum atomic E-state index is -2.43. The third-order valence-electron chi connectivity index (χ3n) is 3.49. The number of aliphatic carboxylic acids is 1. The Balaban J connectivity index is 2.15. The molecule has 1 unspecified atom stereocenters. The molecule has 124 valence electrons. The fourth-order valence-corrected chi connectivity index (χ4v) is 2.90. The van der Waals surface area contributed by atoms with Crippen LogP contribution in [0.15, 0.2) is 35.6 Å². The van der Waals surface area contributed by atoms with E-state index in [0.717, 1.165) is 0 Å². The van der Waals surface area contributed by atoms with Crippen LogP contribution in [0, 0.1) is 0 Å². The van der Waals surface area contributed by atoms with Crippen molar-refractivity contribution in [3.8, 4) is 5.69 Å². The van der Waals surface area contributed by atoms with Crippen molar-refractivity contribution >= 4 is 32.0 Å². The summed E-state index contributed by atoms with van der Waals surface area (Å²) in [4.78, 5) is 19.3. The smallest absolute Gasteiger partial charge is 0.307 e. The topological polar surface area (TPSA) is 111 Å². The largest absolute Gasteiger partial charge is 0.481 e. The summed E-state index contributed by atoms with van der Waals surface area (Å²) in [6, 6.07) is 6.95. The van der Waals surface area contributed by atoms with Gasteiger partial charge < -0.3 is 5.11 Å². The lowest BCUT2D eigenvalue weighted by Gasteiger charge is -2.05. The Morgan fingerprint density at radius 2 is 2.21 bits per heavy atom. The number of carboxylic acids is 1. The van der Waals surface area contributed by atoms with E-state index in [0.29, 0.717) is 22.4 Å². The van der Waals surface area contributed by atoms with Gasteiger partial charge in [-0.2, -0.15) is 9.67 Å². The summed E-state index contributed by atoms with van der Waals surface area (Å²) in [5, 5.41) is 18.8. The van der Waals surface area contributed by atoms with Gasteiger partial charge in [-0.25, -0.2) is 4.98 Å². The number of nitrogens with zero attached hydrogens (tertiary/aromatic N) is 5. The number of fused-ring (bicyclic) bond motifs is 1. The lowest BCUT2D eigenvalue weighted by atomic mass is 10.1. The van der Waals surface area contributed by atoms with Crippen molar-refractivity contribution in [3.05, 3.63) is 36.0 Å². The Labute approximate surface area is 138 Å². The zero-order chi connectivity index (χ0) is 17.3. The van der Waals surface area contributed by atoms with Gasteiger partial charge in [0.15, 0.2) is 11.2 Å². The van der Waals surface area contributed by atoms with E-state index < -0.39 is 15.5 Å². The first kappa shape index (κ1) is 16.1. The first-order chi connectivity index (χ1) is 11.4. The monoisotopic (exact) mass is 345 g/mol. The van der Waals surface area contributed by atoms with Gasteiger partial charge >= 0.3 is 5.97 Å². The summed E-state index contributed by atoms with van der Waals surface area (Å²) in [5.74, 6) is -0.913.